The molecule has 0 saturated carbocycles. The third-order valence-corrected chi connectivity index (χ3v) is 3.33. The van der Waals surface area contributed by atoms with Gasteiger partial charge in [0.1, 0.15) is 5.82 Å². The van der Waals surface area contributed by atoms with Crippen molar-refractivity contribution >= 4 is 23.4 Å². The van der Waals surface area contributed by atoms with Crippen molar-refractivity contribution in [2.24, 2.45) is 4.99 Å². The minimum Gasteiger partial charge on any atom is -0.465 e. The molecule has 0 spiro atoms. The molecule has 1 aliphatic heterocycles. The van der Waals surface area contributed by atoms with Gasteiger partial charge in [0.05, 0.1) is 11.4 Å². The van der Waals surface area contributed by atoms with Gasteiger partial charge in [0.2, 0.25) is 6.17 Å². The summed E-state index contributed by atoms with van der Waals surface area (Å²) >= 11 is 0. The van der Waals surface area contributed by atoms with E-state index in [9.17, 15) is 14.0 Å². The third kappa shape index (κ3) is 2.89. The summed E-state index contributed by atoms with van der Waals surface area (Å²) in [5, 5.41) is 13.3. The number of carbonyl (C=O) groups is 2. The molecule has 2 amide bonds. The van der Waals surface area contributed by atoms with Crippen molar-refractivity contribution < 1.29 is 19.1 Å². The minimum atomic E-state index is -1.40. The van der Waals surface area contributed by atoms with Crippen LogP contribution in [0.1, 0.15) is 11.1 Å². The Kier molecular flexibility index (Phi) is 3.76. The molecule has 1 atom stereocenters. The molecular weight excluding hydrogens is 301 g/mol. The normalized spacial score (nSPS) is 16.7. The maximum Gasteiger partial charge on any atom is 0.406 e. The van der Waals surface area contributed by atoms with E-state index < -0.39 is 24.0 Å². The van der Waals surface area contributed by atoms with Gasteiger partial charge in [-0.2, -0.15) is 0 Å². The predicted octanol–water partition coefficient (Wildman–Crippen LogP) is 2.21. The molecule has 0 aliphatic carbocycles. The Labute approximate surface area is 130 Å². The third-order valence-electron chi connectivity index (χ3n) is 3.33. The van der Waals surface area contributed by atoms with Crippen LogP contribution >= 0.6 is 0 Å². The van der Waals surface area contributed by atoms with Gasteiger partial charge in [0.15, 0.2) is 0 Å². The van der Waals surface area contributed by atoms with Crippen LogP contribution in [0.25, 0.3) is 0 Å². The Morgan fingerprint density at radius 3 is 2.61 bits per heavy atom. The topological polar surface area (TPSA) is 90.8 Å². The number of aliphatic imine (C=N–C) groups is 1. The number of hydrogen-bond acceptors (Lipinski definition) is 3. The molecule has 7 heteroatoms. The Bertz CT molecular complexity index is 805. The summed E-state index contributed by atoms with van der Waals surface area (Å²) in [5.74, 6) is -1.36. The number of fused-ring (bicyclic) bond motifs is 1. The Balaban J connectivity index is 2.19. The highest BCUT2D eigenvalue weighted by Gasteiger charge is 2.28. The summed E-state index contributed by atoms with van der Waals surface area (Å²) in [7, 11) is 0. The number of rotatable bonds is 2. The van der Waals surface area contributed by atoms with Gasteiger partial charge in [-0.3, -0.25) is 10.1 Å². The molecule has 0 radical (unpaired) electrons. The van der Waals surface area contributed by atoms with Crippen molar-refractivity contribution in [2.75, 3.05) is 5.32 Å². The highest BCUT2D eigenvalue weighted by molar-refractivity contribution is 6.19. The van der Waals surface area contributed by atoms with Gasteiger partial charge in [-0.1, -0.05) is 42.5 Å². The molecule has 3 rings (SSSR count). The van der Waals surface area contributed by atoms with Gasteiger partial charge in [-0.15, -0.1) is 0 Å². The monoisotopic (exact) mass is 313 g/mol. The average molecular weight is 313 g/mol. The second-order valence-corrected chi connectivity index (χ2v) is 4.85. The van der Waals surface area contributed by atoms with Crippen molar-refractivity contribution in [3.63, 3.8) is 0 Å². The first-order valence-electron chi connectivity index (χ1n) is 6.78. The van der Waals surface area contributed by atoms with E-state index in [2.05, 4.69) is 10.3 Å². The van der Waals surface area contributed by atoms with E-state index in [0.29, 0.717) is 16.8 Å². The van der Waals surface area contributed by atoms with E-state index >= 15 is 0 Å². The summed E-state index contributed by atoms with van der Waals surface area (Å²) in [5.41, 5.74) is 1.35. The van der Waals surface area contributed by atoms with E-state index in [4.69, 9.17) is 5.11 Å². The number of carboxylic acid groups (broad SMARTS) is 1. The Morgan fingerprint density at radius 2 is 1.91 bits per heavy atom. The van der Waals surface area contributed by atoms with E-state index in [1.165, 1.54) is 12.1 Å². The van der Waals surface area contributed by atoms with Crippen LogP contribution in [0.5, 0.6) is 0 Å². The maximum atomic E-state index is 14.1. The standard InChI is InChI=1S/C16H12FN3O3/c17-11-8-4-7-10-12(9-5-2-1-3-6-9)18-14(20-16(22)23)15(21)19-13(10)11/h1-8,14,20H,(H,19,21)(H,22,23). The first kappa shape index (κ1) is 14.7. The second-order valence-electron chi connectivity index (χ2n) is 4.85. The molecule has 23 heavy (non-hydrogen) atoms. The van der Waals surface area contributed by atoms with Crippen LogP contribution in [-0.4, -0.2) is 29.0 Å². The van der Waals surface area contributed by atoms with Crippen molar-refractivity contribution in [3.8, 4) is 0 Å². The maximum absolute atomic E-state index is 14.1. The Morgan fingerprint density at radius 1 is 1.17 bits per heavy atom. The predicted molar refractivity (Wildman–Crippen MR) is 82.1 cm³/mol. The lowest BCUT2D eigenvalue weighted by Gasteiger charge is -2.10. The highest BCUT2D eigenvalue weighted by Crippen LogP contribution is 2.26. The van der Waals surface area contributed by atoms with Gasteiger partial charge < -0.3 is 10.4 Å². The molecule has 116 valence electrons. The molecule has 2 aromatic carbocycles. The lowest BCUT2D eigenvalue weighted by molar-refractivity contribution is -0.117. The van der Waals surface area contributed by atoms with Crippen molar-refractivity contribution in [3.05, 3.63) is 65.5 Å². The number of hydrogen-bond donors (Lipinski definition) is 3. The van der Waals surface area contributed by atoms with Gasteiger partial charge >= 0.3 is 6.09 Å². The minimum absolute atomic E-state index is 0.0187. The largest absolute Gasteiger partial charge is 0.465 e. The van der Waals surface area contributed by atoms with E-state index in [1.54, 1.807) is 30.3 Å². The number of halogens is 1. The molecule has 2 aromatic rings. The SMILES string of the molecule is O=C(O)NC1N=C(c2ccccc2)c2cccc(F)c2NC1=O. The number of nitrogens with one attached hydrogen (secondary N) is 2. The average Bonchev–Trinajstić information content (AvgIpc) is 2.67. The van der Waals surface area contributed by atoms with E-state index in [-0.39, 0.29) is 5.69 Å². The fourth-order valence-corrected chi connectivity index (χ4v) is 2.34. The quantitative estimate of drug-likeness (QED) is 0.794. The zero-order valence-electron chi connectivity index (χ0n) is 11.8. The number of nitrogens with zero attached hydrogens (tertiary/aromatic N) is 1. The van der Waals surface area contributed by atoms with E-state index in [1.807, 2.05) is 11.4 Å². The molecule has 0 bridgehead atoms. The molecule has 1 heterocycles. The fourth-order valence-electron chi connectivity index (χ4n) is 2.34. The molecule has 0 saturated heterocycles. The number of benzodiazepines with no additional fused rings is 1. The van der Waals surface area contributed by atoms with Gasteiger partial charge in [-0.25, -0.2) is 14.2 Å². The molecule has 3 N–H and O–H groups in total. The summed E-state index contributed by atoms with van der Waals surface area (Å²) in [6.45, 7) is 0. The summed E-state index contributed by atoms with van der Waals surface area (Å²) in [6.07, 6.45) is -2.76. The lowest BCUT2D eigenvalue weighted by atomic mass is 10.0. The molecule has 1 unspecified atom stereocenters. The van der Waals surface area contributed by atoms with Gasteiger partial charge in [-0.05, 0) is 6.07 Å². The summed E-state index contributed by atoms with van der Waals surface area (Å²) in [6, 6.07) is 13.2. The first-order chi connectivity index (χ1) is 11.1. The summed E-state index contributed by atoms with van der Waals surface area (Å²) in [4.78, 5) is 27.2. The zero-order valence-corrected chi connectivity index (χ0v) is 11.8. The van der Waals surface area contributed by atoms with E-state index in [0.717, 1.165) is 0 Å². The van der Waals surface area contributed by atoms with Crippen molar-refractivity contribution in [2.45, 2.75) is 6.17 Å². The molecule has 0 fully saturated rings. The molecule has 0 aromatic heterocycles. The van der Waals surface area contributed by atoms with Crippen LogP contribution in [0.3, 0.4) is 0 Å². The van der Waals surface area contributed by atoms with Crippen molar-refractivity contribution in [1.29, 1.82) is 0 Å². The number of benzene rings is 2. The first-order valence-corrected chi connectivity index (χ1v) is 6.78. The number of amides is 2. The van der Waals surface area contributed by atoms with Crippen molar-refractivity contribution in [1.82, 2.24) is 5.32 Å². The van der Waals surface area contributed by atoms with Crippen LogP contribution in [0.4, 0.5) is 14.9 Å². The number of para-hydroxylation sites is 1. The second kappa shape index (κ2) is 5.88. The van der Waals surface area contributed by atoms with Gasteiger partial charge in [0.25, 0.3) is 5.91 Å². The molecule has 6 nitrogen and oxygen atoms in total. The summed E-state index contributed by atoms with van der Waals surface area (Å²) < 4.78 is 14.1. The number of anilines is 1. The van der Waals surface area contributed by atoms with Crippen LogP contribution in [0.2, 0.25) is 0 Å². The van der Waals surface area contributed by atoms with Crippen LogP contribution < -0.4 is 10.6 Å². The van der Waals surface area contributed by atoms with Gasteiger partial charge in [0, 0.05) is 11.1 Å². The number of carbonyl (C=O) groups excluding carboxylic acids is 1. The molecule has 1 aliphatic rings. The Hall–Kier alpha value is -3.22. The smallest absolute Gasteiger partial charge is 0.406 e. The van der Waals surface area contributed by atoms with Crippen LogP contribution in [0, 0.1) is 5.82 Å². The highest BCUT2D eigenvalue weighted by atomic mass is 19.1. The molecular formula is C16H12FN3O3. The lowest BCUT2D eigenvalue weighted by Crippen LogP contribution is -2.41. The van der Waals surface area contributed by atoms with Crippen LogP contribution in [0.15, 0.2) is 53.5 Å². The zero-order chi connectivity index (χ0) is 16.4. The fraction of sp³-hybridized carbons (Fsp3) is 0.0625. The van der Waals surface area contributed by atoms with Crippen LogP contribution in [-0.2, 0) is 4.79 Å².